The zero-order chi connectivity index (χ0) is 32.5. The van der Waals surface area contributed by atoms with Crippen LogP contribution in [0.15, 0.2) is 170 Å². The molecular formula is C50H28. The van der Waals surface area contributed by atoms with Crippen molar-refractivity contribution in [2.75, 3.05) is 0 Å². The number of benzene rings is 12. The number of hydrogen-bond donors (Lipinski definition) is 0. The summed E-state index contributed by atoms with van der Waals surface area (Å²) in [5, 5.41) is 23.9. The van der Waals surface area contributed by atoms with Gasteiger partial charge in [0.25, 0.3) is 0 Å². The van der Waals surface area contributed by atoms with E-state index in [-0.39, 0.29) is 0 Å². The number of rotatable bonds is 2. The highest BCUT2D eigenvalue weighted by atomic mass is 14.2. The van der Waals surface area contributed by atoms with Crippen LogP contribution in [0.2, 0.25) is 0 Å². The summed E-state index contributed by atoms with van der Waals surface area (Å²) in [6.07, 6.45) is 0. The fourth-order valence-electron chi connectivity index (χ4n) is 9.50. The van der Waals surface area contributed by atoms with E-state index in [2.05, 4.69) is 170 Å². The van der Waals surface area contributed by atoms with E-state index in [1.54, 1.807) is 0 Å². The highest BCUT2D eigenvalue weighted by molar-refractivity contribution is 6.42. The Labute approximate surface area is 288 Å². The minimum absolute atomic E-state index is 1.27. The second-order valence-electron chi connectivity index (χ2n) is 13.9. The van der Waals surface area contributed by atoms with Gasteiger partial charge in [-0.25, -0.2) is 0 Å². The molecule has 12 aromatic rings. The smallest absolute Gasteiger partial charge is 0.00139 e. The van der Waals surface area contributed by atoms with E-state index in [4.69, 9.17) is 0 Å². The third-order valence-corrected chi connectivity index (χ3v) is 11.6. The molecule has 0 heteroatoms. The van der Waals surface area contributed by atoms with Gasteiger partial charge in [0.15, 0.2) is 0 Å². The molecule has 0 saturated carbocycles. The Morgan fingerprint density at radius 2 is 0.500 bits per heavy atom. The lowest BCUT2D eigenvalue weighted by Crippen LogP contribution is -1.92. The summed E-state index contributed by atoms with van der Waals surface area (Å²) in [5.74, 6) is 0. The Balaban J connectivity index is 1.17. The van der Waals surface area contributed by atoms with Crippen molar-refractivity contribution in [1.82, 2.24) is 0 Å². The van der Waals surface area contributed by atoms with Crippen LogP contribution < -0.4 is 0 Å². The van der Waals surface area contributed by atoms with Gasteiger partial charge in [0, 0.05) is 0 Å². The molecule has 0 saturated heterocycles. The second-order valence-corrected chi connectivity index (χ2v) is 13.9. The highest BCUT2D eigenvalue weighted by Crippen LogP contribution is 2.49. The maximum Gasteiger partial charge on any atom is -0.00139 e. The molecule has 0 fully saturated rings. The Morgan fingerprint density at radius 3 is 1.14 bits per heavy atom. The normalized spacial score (nSPS) is 12.4. The average Bonchev–Trinajstić information content (AvgIpc) is 3.18. The SMILES string of the molecule is c1ccc2c(-c3ccc(-c4ccc5c6ccc7c8cccc9cccc(c%10ccc(c%11cccc4c%115)c6c%107)c98)c4ccccc34)cccc2c1. The number of fused-ring (bicyclic) bond motifs is 6. The molecule has 0 aliphatic rings. The molecular weight excluding hydrogens is 601 g/mol. The van der Waals surface area contributed by atoms with Gasteiger partial charge in [-0.15, -0.1) is 0 Å². The Kier molecular flexibility index (Phi) is 5.06. The Hall–Kier alpha value is -6.50. The molecule has 12 rings (SSSR count). The van der Waals surface area contributed by atoms with Crippen LogP contribution in [0.25, 0.3) is 119 Å². The van der Waals surface area contributed by atoms with Crippen LogP contribution in [0.5, 0.6) is 0 Å². The summed E-state index contributed by atoms with van der Waals surface area (Å²) in [5.41, 5.74) is 5.10. The lowest BCUT2D eigenvalue weighted by molar-refractivity contribution is 1.67. The third-order valence-electron chi connectivity index (χ3n) is 11.6. The minimum Gasteiger partial charge on any atom is -0.0616 e. The molecule has 0 radical (unpaired) electrons. The van der Waals surface area contributed by atoms with Crippen LogP contribution in [0.1, 0.15) is 0 Å². The molecule has 0 unspecified atom stereocenters. The van der Waals surface area contributed by atoms with Crippen molar-refractivity contribution in [2.24, 2.45) is 0 Å². The fourth-order valence-corrected chi connectivity index (χ4v) is 9.50. The van der Waals surface area contributed by atoms with Gasteiger partial charge in [0.2, 0.25) is 0 Å². The van der Waals surface area contributed by atoms with Gasteiger partial charge >= 0.3 is 0 Å². The summed E-state index contributed by atoms with van der Waals surface area (Å²) in [4.78, 5) is 0. The van der Waals surface area contributed by atoms with E-state index in [0.29, 0.717) is 0 Å². The molecule has 0 nitrogen and oxygen atoms in total. The molecule has 0 aromatic heterocycles. The predicted molar refractivity (Wildman–Crippen MR) is 217 cm³/mol. The quantitative estimate of drug-likeness (QED) is 0.132. The minimum atomic E-state index is 1.27. The Bertz CT molecular complexity index is 3260. The van der Waals surface area contributed by atoms with Crippen LogP contribution in [-0.2, 0) is 0 Å². The summed E-state index contributed by atoms with van der Waals surface area (Å²) in [6, 6.07) is 63.7. The number of hydrogen-bond acceptors (Lipinski definition) is 0. The van der Waals surface area contributed by atoms with E-state index in [9.17, 15) is 0 Å². The molecule has 50 heavy (non-hydrogen) atoms. The Morgan fingerprint density at radius 1 is 0.160 bits per heavy atom. The van der Waals surface area contributed by atoms with Gasteiger partial charge in [0.1, 0.15) is 0 Å². The van der Waals surface area contributed by atoms with Gasteiger partial charge < -0.3 is 0 Å². The van der Waals surface area contributed by atoms with Crippen molar-refractivity contribution in [2.45, 2.75) is 0 Å². The van der Waals surface area contributed by atoms with E-state index in [1.165, 1.54) is 119 Å². The predicted octanol–water partition coefficient (Wildman–Crippen LogP) is 14.3. The molecule has 0 aliphatic heterocycles. The van der Waals surface area contributed by atoms with Crippen molar-refractivity contribution in [3.8, 4) is 22.3 Å². The topological polar surface area (TPSA) is 0 Å². The molecule has 0 amide bonds. The van der Waals surface area contributed by atoms with Crippen molar-refractivity contribution in [3.63, 3.8) is 0 Å². The van der Waals surface area contributed by atoms with Crippen molar-refractivity contribution < 1.29 is 0 Å². The van der Waals surface area contributed by atoms with Crippen LogP contribution in [0.4, 0.5) is 0 Å². The van der Waals surface area contributed by atoms with Crippen molar-refractivity contribution in [3.05, 3.63) is 170 Å². The molecule has 0 heterocycles. The lowest BCUT2D eigenvalue weighted by Gasteiger charge is -2.20. The standard InChI is InChI=1S/C50H28/c1-2-13-31-29(9-1)10-5-16-32(31)35-21-22-36(34-15-4-3-14-33(34)35)37-23-24-42-46-28-26-44-40-18-7-12-30-11-6-17-39(47(30)40)43-25-27-45(50(46)49(43)44)41-20-8-19-38(37)48(41)42/h1-28H. The van der Waals surface area contributed by atoms with Crippen molar-refractivity contribution >= 4 is 97.0 Å². The largest absolute Gasteiger partial charge is 0.0616 e. The first-order chi connectivity index (χ1) is 24.8. The van der Waals surface area contributed by atoms with Gasteiger partial charge in [-0.1, -0.05) is 170 Å². The van der Waals surface area contributed by atoms with E-state index < -0.39 is 0 Å². The molecule has 12 aromatic carbocycles. The molecule has 228 valence electrons. The average molecular weight is 629 g/mol. The molecule has 0 spiro atoms. The molecule has 0 atom stereocenters. The monoisotopic (exact) mass is 628 g/mol. The van der Waals surface area contributed by atoms with Gasteiger partial charge in [-0.05, 0) is 119 Å². The maximum absolute atomic E-state index is 2.39. The van der Waals surface area contributed by atoms with Crippen LogP contribution in [-0.4, -0.2) is 0 Å². The zero-order valence-corrected chi connectivity index (χ0v) is 27.2. The van der Waals surface area contributed by atoms with Crippen LogP contribution in [0.3, 0.4) is 0 Å². The van der Waals surface area contributed by atoms with E-state index >= 15 is 0 Å². The summed E-state index contributed by atoms with van der Waals surface area (Å²) >= 11 is 0. The summed E-state index contributed by atoms with van der Waals surface area (Å²) in [6.45, 7) is 0. The first kappa shape index (κ1) is 26.5. The molecule has 0 N–H and O–H groups in total. The lowest BCUT2D eigenvalue weighted by atomic mass is 9.82. The second kappa shape index (κ2) is 9.56. The van der Waals surface area contributed by atoms with Crippen molar-refractivity contribution in [1.29, 1.82) is 0 Å². The maximum atomic E-state index is 2.39. The van der Waals surface area contributed by atoms with E-state index in [0.717, 1.165) is 0 Å². The van der Waals surface area contributed by atoms with Crippen LogP contribution in [0, 0.1) is 0 Å². The molecule has 0 bridgehead atoms. The fraction of sp³-hybridized carbons (Fsp3) is 0. The third kappa shape index (κ3) is 3.31. The van der Waals surface area contributed by atoms with Gasteiger partial charge in [0.05, 0.1) is 0 Å². The van der Waals surface area contributed by atoms with Crippen LogP contribution >= 0.6 is 0 Å². The zero-order valence-electron chi connectivity index (χ0n) is 27.2. The first-order valence-corrected chi connectivity index (χ1v) is 17.5. The van der Waals surface area contributed by atoms with Gasteiger partial charge in [-0.2, -0.15) is 0 Å². The van der Waals surface area contributed by atoms with Gasteiger partial charge in [-0.3, -0.25) is 0 Å². The highest BCUT2D eigenvalue weighted by Gasteiger charge is 2.21. The first-order valence-electron chi connectivity index (χ1n) is 17.5. The summed E-state index contributed by atoms with van der Waals surface area (Å²) < 4.78 is 0. The van der Waals surface area contributed by atoms with E-state index in [1.807, 2.05) is 0 Å². The molecule has 0 aliphatic carbocycles. The summed E-state index contributed by atoms with van der Waals surface area (Å²) in [7, 11) is 0.